The summed E-state index contributed by atoms with van der Waals surface area (Å²) < 4.78 is 0. The molecule has 0 bridgehead atoms. The number of hydrogen-bond donors (Lipinski definition) is 2. The smallest absolute Gasteiger partial charge is 0.125 e. The zero-order chi connectivity index (χ0) is 18.5. The molecule has 1 saturated carbocycles. The SMILES string of the molecule is Oc1cc(Cl)ccc1C=NC1CCCCC1N=Cc1ccc(Cl)cc1O. The molecule has 0 radical (unpaired) electrons. The van der Waals surface area contributed by atoms with Crippen molar-refractivity contribution in [1.82, 2.24) is 0 Å². The van der Waals surface area contributed by atoms with Gasteiger partial charge in [-0.2, -0.15) is 0 Å². The number of benzene rings is 2. The van der Waals surface area contributed by atoms with Gasteiger partial charge in [0, 0.05) is 33.6 Å². The fourth-order valence-corrected chi connectivity index (χ4v) is 3.38. The van der Waals surface area contributed by atoms with Gasteiger partial charge in [-0.25, -0.2) is 0 Å². The quantitative estimate of drug-likeness (QED) is 0.699. The molecular weight excluding hydrogens is 371 g/mol. The number of phenols is 2. The van der Waals surface area contributed by atoms with Gasteiger partial charge in [-0.05, 0) is 49.2 Å². The molecule has 4 nitrogen and oxygen atoms in total. The van der Waals surface area contributed by atoms with Crippen molar-refractivity contribution in [1.29, 1.82) is 0 Å². The average Bonchev–Trinajstić information content (AvgIpc) is 2.61. The number of phenolic OH excluding ortho intramolecular Hbond substituents is 2. The van der Waals surface area contributed by atoms with Crippen LogP contribution in [0, 0.1) is 0 Å². The van der Waals surface area contributed by atoms with Crippen molar-refractivity contribution in [2.45, 2.75) is 37.8 Å². The molecular formula is C20H20Cl2N2O2. The normalized spacial score (nSPS) is 20.8. The summed E-state index contributed by atoms with van der Waals surface area (Å²) in [4.78, 5) is 9.30. The Morgan fingerprint density at radius 3 is 1.58 bits per heavy atom. The lowest BCUT2D eigenvalue weighted by Crippen LogP contribution is -2.27. The molecule has 2 aromatic carbocycles. The van der Waals surface area contributed by atoms with Gasteiger partial charge in [0.25, 0.3) is 0 Å². The summed E-state index contributed by atoms with van der Waals surface area (Å²) in [6.07, 6.45) is 7.46. The zero-order valence-electron chi connectivity index (χ0n) is 14.1. The molecule has 0 heterocycles. The summed E-state index contributed by atoms with van der Waals surface area (Å²) >= 11 is 11.7. The molecule has 0 amide bonds. The molecule has 1 fully saturated rings. The molecule has 3 rings (SSSR count). The summed E-state index contributed by atoms with van der Waals surface area (Å²) in [6.45, 7) is 0. The Balaban J connectivity index is 1.75. The van der Waals surface area contributed by atoms with Crippen molar-refractivity contribution in [3.63, 3.8) is 0 Å². The lowest BCUT2D eigenvalue weighted by atomic mass is 9.91. The zero-order valence-corrected chi connectivity index (χ0v) is 15.7. The molecule has 26 heavy (non-hydrogen) atoms. The van der Waals surface area contributed by atoms with Crippen molar-refractivity contribution in [3.8, 4) is 11.5 Å². The third-order valence-electron chi connectivity index (χ3n) is 4.49. The maximum atomic E-state index is 9.95. The molecule has 1 aliphatic rings. The Morgan fingerprint density at radius 2 is 1.19 bits per heavy atom. The number of rotatable bonds is 4. The molecule has 1 aliphatic carbocycles. The predicted molar refractivity (Wildman–Crippen MR) is 107 cm³/mol. The van der Waals surface area contributed by atoms with Crippen molar-refractivity contribution < 1.29 is 10.2 Å². The number of aromatic hydroxyl groups is 2. The molecule has 0 aliphatic heterocycles. The van der Waals surface area contributed by atoms with Gasteiger partial charge in [0.05, 0.1) is 12.1 Å². The number of nitrogens with zero attached hydrogens (tertiary/aromatic N) is 2. The highest BCUT2D eigenvalue weighted by molar-refractivity contribution is 6.31. The first-order valence-corrected chi connectivity index (χ1v) is 9.32. The van der Waals surface area contributed by atoms with E-state index in [1.807, 2.05) is 0 Å². The van der Waals surface area contributed by atoms with Crippen LogP contribution < -0.4 is 0 Å². The molecule has 2 N–H and O–H groups in total. The number of halogens is 2. The first-order chi connectivity index (χ1) is 12.5. The Kier molecular flexibility index (Phi) is 6.17. The highest BCUT2D eigenvalue weighted by Crippen LogP contribution is 2.26. The summed E-state index contributed by atoms with van der Waals surface area (Å²) in [5.41, 5.74) is 1.27. The topological polar surface area (TPSA) is 65.2 Å². The van der Waals surface area contributed by atoms with Gasteiger partial charge in [-0.1, -0.05) is 36.0 Å². The lowest BCUT2D eigenvalue weighted by molar-refractivity contribution is 0.390. The van der Waals surface area contributed by atoms with Crippen molar-refractivity contribution >= 4 is 35.6 Å². The van der Waals surface area contributed by atoms with E-state index in [-0.39, 0.29) is 23.6 Å². The van der Waals surface area contributed by atoms with Gasteiger partial charge in [0.1, 0.15) is 11.5 Å². The standard InChI is InChI=1S/C20H20Cl2N2O2/c21-15-7-5-13(19(25)9-15)11-23-17-3-1-2-4-18(17)24-12-14-6-8-16(22)10-20(14)26/h5-12,17-18,25-26H,1-4H2. The van der Waals surface area contributed by atoms with E-state index in [9.17, 15) is 10.2 Å². The number of hydrogen-bond acceptors (Lipinski definition) is 4. The van der Waals surface area contributed by atoms with E-state index in [2.05, 4.69) is 9.98 Å². The monoisotopic (exact) mass is 390 g/mol. The fourth-order valence-electron chi connectivity index (χ4n) is 3.04. The Bertz CT molecular complexity index is 767. The third-order valence-corrected chi connectivity index (χ3v) is 4.96. The summed E-state index contributed by atoms with van der Waals surface area (Å²) in [7, 11) is 0. The second-order valence-corrected chi connectivity index (χ2v) is 7.25. The van der Waals surface area contributed by atoms with Crippen LogP contribution in [0.3, 0.4) is 0 Å². The maximum absolute atomic E-state index is 9.95. The van der Waals surface area contributed by atoms with Gasteiger partial charge >= 0.3 is 0 Å². The highest BCUT2D eigenvalue weighted by Gasteiger charge is 2.23. The molecule has 0 aromatic heterocycles. The largest absolute Gasteiger partial charge is 0.507 e. The Labute approximate surface area is 162 Å². The van der Waals surface area contributed by atoms with Crippen LogP contribution in [0.5, 0.6) is 11.5 Å². The van der Waals surface area contributed by atoms with Gasteiger partial charge in [-0.15, -0.1) is 0 Å². The van der Waals surface area contributed by atoms with Gasteiger partial charge in [0.15, 0.2) is 0 Å². The summed E-state index contributed by atoms with van der Waals surface area (Å²) in [5.74, 6) is 0.228. The molecule has 2 unspecified atom stereocenters. The third kappa shape index (κ3) is 4.77. The highest BCUT2D eigenvalue weighted by atomic mass is 35.5. The van der Waals surface area contributed by atoms with Crippen LogP contribution in [-0.4, -0.2) is 34.7 Å². The van der Waals surface area contributed by atoms with Crippen LogP contribution >= 0.6 is 23.2 Å². The Hall–Kier alpha value is -2.04. The van der Waals surface area contributed by atoms with Gasteiger partial charge in [-0.3, -0.25) is 9.98 Å². The van der Waals surface area contributed by atoms with Crippen LogP contribution in [-0.2, 0) is 0 Å². The molecule has 2 aromatic rings. The lowest BCUT2D eigenvalue weighted by Gasteiger charge is -2.25. The van der Waals surface area contributed by atoms with E-state index in [4.69, 9.17) is 23.2 Å². The van der Waals surface area contributed by atoms with Crippen molar-refractivity contribution in [3.05, 3.63) is 57.6 Å². The van der Waals surface area contributed by atoms with Crippen molar-refractivity contribution in [2.24, 2.45) is 9.98 Å². The predicted octanol–water partition coefficient (Wildman–Crippen LogP) is 5.25. The van der Waals surface area contributed by atoms with Crippen LogP contribution in [0.25, 0.3) is 0 Å². The minimum Gasteiger partial charge on any atom is -0.507 e. The van der Waals surface area contributed by atoms with E-state index in [1.165, 1.54) is 12.1 Å². The van der Waals surface area contributed by atoms with E-state index >= 15 is 0 Å². The van der Waals surface area contributed by atoms with E-state index in [0.29, 0.717) is 21.2 Å². The minimum atomic E-state index is 0.0459. The minimum absolute atomic E-state index is 0.0459. The molecule has 6 heteroatoms. The molecule has 2 atom stereocenters. The second-order valence-electron chi connectivity index (χ2n) is 6.38. The van der Waals surface area contributed by atoms with E-state index < -0.39 is 0 Å². The Morgan fingerprint density at radius 1 is 0.769 bits per heavy atom. The van der Waals surface area contributed by atoms with Gasteiger partial charge < -0.3 is 10.2 Å². The first-order valence-electron chi connectivity index (χ1n) is 8.56. The van der Waals surface area contributed by atoms with Crippen LogP contribution in [0.2, 0.25) is 10.0 Å². The fraction of sp³-hybridized carbons (Fsp3) is 0.300. The van der Waals surface area contributed by atoms with Crippen LogP contribution in [0.4, 0.5) is 0 Å². The van der Waals surface area contributed by atoms with E-state index in [0.717, 1.165) is 25.7 Å². The molecule has 136 valence electrons. The van der Waals surface area contributed by atoms with Crippen LogP contribution in [0.1, 0.15) is 36.8 Å². The van der Waals surface area contributed by atoms with E-state index in [1.54, 1.807) is 36.7 Å². The van der Waals surface area contributed by atoms with Crippen molar-refractivity contribution in [2.75, 3.05) is 0 Å². The molecule has 0 spiro atoms. The first kappa shape index (κ1) is 18.7. The average molecular weight is 391 g/mol. The maximum Gasteiger partial charge on any atom is 0.125 e. The van der Waals surface area contributed by atoms with Gasteiger partial charge in [0.2, 0.25) is 0 Å². The van der Waals surface area contributed by atoms with Crippen LogP contribution in [0.15, 0.2) is 46.4 Å². The summed E-state index contributed by atoms with van der Waals surface area (Å²) in [6, 6.07) is 10.0. The summed E-state index contributed by atoms with van der Waals surface area (Å²) in [5, 5.41) is 20.9. The molecule has 0 saturated heterocycles. The number of aliphatic imine (C=N–C) groups is 2. The second kappa shape index (κ2) is 8.56.